The maximum atomic E-state index is 13.8. The van der Waals surface area contributed by atoms with Crippen molar-refractivity contribution in [2.24, 2.45) is 0 Å². The fourth-order valence-corrected chi connectivity index (χ4v) is 4.75. The van der Waals surface area contributed by atoms with Crippen LogP contribution in [0.25, 0.3) is 17.1 Å². The van der Waals surface area contributed by atoms with Gasteiger partial charge in [-0.1, -0.05) is 42.5 Å². The van der Waals surface area contributed by atoms with Gasteiger partial charge in [-0.25, -0.2) is 14.5 Å². The lowest BCUT2D eigenvalue weighted by Crippen LogP contribution is -2.17. The number of ketones is 1. The molecule has 0 unspecified atom stereocenters. The fraction of sp³-hybridized carbons (Fsp3) is 0.241. The Labute approximate surface area is 227 Å². The van der Waals surface area contributed by atoms with Gasteiger partial charge in [-0.3, -0.25) is 4.79 Å². The molecule has 0 radical (unpaired) electrons. The quantitative estimate of drug-likeness (QED) is 0.252. The molecule has 2 aromatic carbocycles. The largest absolute Gasteiger partial charge is 0.511 e. The molecule has 206 valence electrons. The van der Waals surface area contributed by atoms with E-state index in [1.54, 1.807) is 30.3 Å². The number of benzene rings is 2. The summed E-state index contributed by atoms with van der Waals surface area (Å²) in [5, 5.41) is 12.5. The van der Waals surface area contributed by atoms with Gasteiger partial charge in [0.25, 0.3) is 0 Å². The minimum atomic E-state index is -4.95. The number of hydrogen-bond acceptors (Lipinski definition) is 6. The summed E-state index contributed by atoms with van der Waals surface area (Å²) in [6, 6.07) is 19.6. The van der Waals surface area contributed by atoms with E-state index in [4.69, 9.17) is 9.84 Å². The molecule has 4 aromatic rings. The Bertz CT molecular complexity index is 1520. The van der Waals surface area contributed by atoms with Gasteiger partial charge in [-0.2, -0.15) is 18.3 Å². The summed E-state index contributed by atoms with van der Waals surface area (Å²) >= 11 is 0. The van der Waals surface area contributed by atoms with E-state index in [2.05, 4.69) is 27.0 Å². The predicted molar refractivity (Wildman–Crippen MR) is 137 cm³/mol. The van der Waals surface area contributed by atoms with Gasteiger partial charge in [0, 0.05) is 18.4 Å². The van der Waals surface area contributed by atoms with Crippen molar-refractivity contribution >= 4 is 11.9 Å². The Morgan fingerprint density at radius 2 is 1.70 bits per heavy atom. The number of halogens is 3. The molecule has 1 aliphatic carbocycles. The molecule has 1 N–H and O–H groups in total. The first-order chi connectivity index (χ1) is 19.2. The predicted octanol–water partition coefficient (Wildman–Crippen LogP) is 6.82. The summed E-state index contributed by atoms with van der Waals surface area (Å²) in [6.07, 6.45) is -3.19. The number of aromatic nitrogens is 3. The number of carbonyl (C=O) groups excluding carboxylic acids is 1. The van der Waals surface area contributed by atoms with Crippen LogP contribution < -0.4 is 9.47 Å². The summed E-state index contributed by atoms with van der Waals surface area (Å²) in [4.78, 5) is 26.8. The number of carboxylic acid groups (broad SMARTS) is 1. The van der Waals surface area contributed by atoms with E-state index in [1.807, 2.05) is 12.1 Å². The molecule has 0 aliphatic heterocycles. The molecule has 11 heteroatoms. The second kappa shape index (κ2) is 11.2. The molecule has 8 nitrogen and oxygen atoms in total. The third-order valence-electron chi connectivity index (χ3n) is 6.70. The molecule has 0 amide bonds. The Morgan fingerprint density at radius 1 is 0.975 bits per heavy atom. The van der Waals surface area contributed by atoms with Crippen LogP contribution in [0, 0.1) is 0 Å². The molecular weight excluding hydrogens is 527 g/mol. The van der Waals surface area contributed by atoms with Gasteiger partial charge in [0.2, 0.25) is 0 Å². The van der Waals surface area contributed by atoms with Crippen LogP contribution in [0.2, 0.25) is 0 Å². The van der Waals surface area contributed by atoms with Crippen molar-refractivity contribution in [1.29, 1.82) is 0 Å². The Kier molecular flexibility index (Phi) is 7.54. The molecule has 1 aliphatic rings. The molecule has 1 saturated carbocycles. The molecule has 5 rings (SSSR count). The van der Waals surface area contributed by atoms with Gasteiger partial charge >= 0.3 is 12.3 Å². The monoisotopic (exact) mass is 551 g/mol. The zero-order valence-electron chi connectivity index (χ0n) is 21.1. The average molecular weight is 552 g/mol. The number of Topliss-reactive ketones (excluding diaryl/α,β-unsaturated/α-hetero) is 1. The normalized spacial score (nSPS) is 14.2. The summed E-state index contributed by atoms with van der Waals surface area (Å²) in [7, 11) is 0. The van der Waals surface area contributed by atoms with Crippen LogP contribution in [0.15, 0.2) is 72.9 Å². The second-order valence-electron chi connectivity index (χ2n) is 9.36. The lowest BCUT2D eigenvalue weighted by molar-refractivity contribution is -0.143. The van der Waals surface area contributed by atoms with Gasteiger partial charge in [0.1, 0.15) is 18.1 Å². The van der Waals surface area contributed by atoms with Crippen molar-refractivity contribution in [2.45, 2.75) is 44.4 Å². The molecule has 2 aromatic heterocycles. The molecule has 0 spiro atoms. The number of carbonyl (C=O) groups is 2. The molecule has 0 atom stereocenters. The molecule has 0 bridgehead atoms. The van der Waals surface area contributed by atoms with Crippen LogP contribution in [0.1, 0.15) is 48.4 Å². The third-order valence-corrected chi connectivity index (χ3v) is 6.70. The fourth-order valence-electron chi connectivity index (χ4n) is 4.75. The first-order valence-electron chi connectivity index (χ1n) is 12.5. The van der Waals surface area contributed by atoms with Crippen molar-refractivity contribution in [1.82, 2.24) is 14.8 Å². The van der Waals surface area contributed by atoms with Crippen LogP contribution in [0.5, 0.6) is 11.5 Å². The van der Waals surface area contributed by atoms with Crippen molar-refractivity contribution < 1.29 is 37.3 Å². The van der Waals surface area contributed by atoms with E-state index in [-0.39, 0.29) is 12.4 Å². The van der Waals surface area contributed by atoms with Crippen LogP contribution >= 0.6 is 0 Å². The highest BCUT2D eigenvalue weighted by atomic mass is 19.4. The minimum absolute atomic E-state index is 0.181. The molecule has 1 fully saturated rings. The number of hydrogen-bond donors (Lipinski definition) is 1. The zero-order chi connectivity index (χ0) is 28.3. The van der Waals surface area contributed by atoms with Gasteiger partial charge in [-0.05, 0) is 54.2 Å². The van der Waals surface area contributed by atoms with Crippen molar-refractivity contribution in [3.63, 3.8) is 0 Å². The van der Waals surface area contributed by atoms with E-state index < -0.39 is 23.8 Å². The standard InChI is InChI=1S/C29H24F3N3O5/c30-29(31,32)27-25(40-28(37)38)16-33-35(27)26-7-3-5-23(34-26)22-4-1-2-6-24(22)39-17-18-8-10-19(11-9-18)20-12-14-21(36)15-13-20/h1-11,16,20H,12-15,17H2,(H,37,38). The van der Waals surface area contributed by atoms with Crippen molar-refractivity contribution in [3.05, 3.63) is 89.7 Å². The van der Waals surface area contributed by atoms with Gasteiger partial charge in [0.05, 0.1) is 11.9 Å². The van der Waals surface area contributed by atoms with Crippen LogP contribution in [0.3, 0.4) is 0 Å². The first kappa shape index (κ1) is 26.9. The summed E-state index contributed by atoms with van der Waals surface area (Å²) < 4.78 is 52.2. The van der Waals surface area contributed by atoms with E-state index >= 15 is 0 Å². The lowest BCUT2D eigenvalue weighted by Gasteiger charge is -2.21. The number of nitrogens with zero attached hydrogens (tertiary/aromatic N) is 3. The number of pyridine rings is 1. The molecule has 2 heterocycles. The summed E-state index contributed by atoms with van der Waals surface area (Å²) in [5.41, 5.74) is 1.62. The average Bonchev–Trinajstić information content (AvgIpc) is 3.37. The van der Waals surface area contributed by atoms with E-state index in [0.717, 1.165) is 18.4 Å². The van der Waals surface area contributed by atoms with Crippen molar-refractivity contribution in [2.75, 3.05) is 0 Å². The van der Waals surface area contributed by atoms with E-state index in [0.29, 0.717) is 52.4 Å². The highest BCUT2D eigenvalue weighted by molar-refractivity contribution is 5.79. The first-order valence-corrected chi connectivity index (χ1v) is 12.5. The van der Waals surface area contributed by atoms with Gasteiger partial charge in [-0.15, -0.1) is 0 Å². The SMILES string of the molecule is O=C1CCC(c2ccc(COc3ccccc3-c3cccc(-n4ncc(OC(=O)O)c4C(F)(F)F)n3)cc2)CC1. The van der Waals surface area contributed by atoms with Crippen LogP contribution in [-0.4, -0.2) is 31.8 Å². The number of para-hydroxylation sites is 1. The van der Waals surface area contributed by atoms with E-state index in [1.165, 1.54) is 17.7 Å². The van der Waals surface area contributed by atoms with Crippen LogP contribution in [0.4, 0.5) is 18.0 Å². The molecule has 0 saturated heterocycles. The number of rotatable bonds is 7. The van der Waals surface area contributed by atoms with Gasteiger partial charge in [0.15, 0.2) is 17.3 Å². The maximum absolute atomic E-state index is 13.8. The highest BCUT2D eigenvalue weighted by Crippen LogP contribution is 2.38. The number of ether oxygens (including phenoxy) is 2. The smallest absolute Gasteiger partial charge is 0.488 e. The van der Waals surface area contributed by atoms with E-state index in [9.17, 15) is 22.8 Å². The van der Waals surface area contributed by atoms with Gasteiger partial charge < -0.3 is 14.6 Å². The second-order valence-corrected chi connectivity index (χ2v) is 9.36. The molecule has 40 heavy (non-hydrogen) atoms. The number of alkyl halides is 3. The van der Waals surface area contributed by atoms with Crippen molar-refractivity contribution in [3.8, 4) is 28.6 Å². The maximum Gasteiger partial charge on any atom is 0.511 e. The Balaban J connectivity index is 1.37. The zero-order valence-corrected chi connectivity index (χ0v) is 21.1. The molecular formula is C29H24F3N3O5. The summed E-state index contributed by atoms with van der Waals surface area (Å²) in [5.74, 6) is 0.0562. The van der Waals surface area contributed by atoms with Crippen LogP contribution in [-0.2, 0) is 17.6 Å². The Morgan fingerprint density at radius 3 is 2.40 bits per heavy atom. The topological polar surface area (TPSA) is 104 Å². The summed E-state index contributed by atoms with van der Waals surface area (Å²) in [6.45, 7) is 0.257. The lowest BCUT2D eigenvalue weighted by atomic mass is 9.83. The third kappa shape index (κ3) is 5.98. The highest BCUT2D eigenvalue weighted by Gasteiger charge is 2.41. The Hall–Kier alpha value is -4.67. The minimum Gasteiger partial charge on any atom is -0.488 e.